The summed E-state index contributed by atoms with van der Waals surface area (Å²) in [6.07, 6.45) is 0.904. The van der Waals surface area contributed by atoms with Gasteiger partial charge in [-0.05, 0) is 30.2 Å². The zero-order chi connectivity index (χ0) is 16.8. The van der Waals surface area contributed by atoms with Gasteiger partial charge in [-0.1, -0.05) is 30.3 Å². The maximum Gasteiger partial charge on any atom is 0.315 e. The predicted molar refractivity (Wildman–Crippen MR) is 93.0 cm³/mol. The minimum absolute atomic E-state index is 0.0231. The summed E-state index contributed by atoms with van der Waals surface area (Å²) in [5.41, 5.74) is 1.16. The first-order valence-electron chi connectivity index (χ1n) is 7.87. The maximum absolute atomic E-state index is 13.4. The van der Waals surface area contributed by atoms with Gasteiger partial charge in [-0.2, -0.15) is 0 Å². The smallest absolute Gasteiger partial charge is 0.315 e. The molecule has 2 N–H and O–H groups in total. The van der Waals surface area contributed by atoms with E-state index >= 15 is 0 Å². The Kier molecular flexibility index (Phi) is 5.59. The number of carbonyl (C=O) groups is 1. The minimum Gasteiger partial charge on any atom is -0.489 e. The number of hydrogen-bond acceptors (Lipinski definition) is 3. The zero-order valence-electron chi connectivity index (χ0n) is 13.1. The Morgan fingerprint density at radius 1 is 1.21 bits per heavy atom. The Morgan fingerprint density at radius 2 is 2.00 bits per heavy atom. The molecular formula is C18H19FN2O2S. The van der Waals surface area contributed by atoms with Crippen LogP contribution in [0.5, 0.6) is 5.75 Å². The number of urea groups is 1. The monoisotopic (exact) mass is 346 g/mol. The average Bonchev–Trinajstić information content (AvgIpc) is 2.60. The van der Waals surface area contributed by atoms with Crippen LogP contribution in [0.2, 0.25) is 0 Å². The van der Waals surface area contributed by atoms with Crippen LogP contribution in [0.3, 0.4) is 0 Å². The Morgan fingerprint density at radius 3 is 2.88 bits per heavy atom. The van der Waals surface area contributed by atoms with Crippen molar-refractivity contribution in [2.75, 3.05) is 18.9 Å². The topological polar surface area (TPSA) is 50.4 Å². The van der Waals surface area contributed by atoms with Crippen LogP contribution in [0.15, 0.2) is 53.4 Å². The Labute approximate surface area is 144 Å². The Balaban J connectivity index is 1.44. The number of rotatable bonds is 5. The molecule has 2 aromatic carbocycles. The summed E-state index contributed by atoms with van der Waals surface area (Å²) in [6, 6.07) is 14.1. The van der Waals surface area contributed by atoms with Gasteiger partial charge in [0.25, 0.3) is 0 Å². The molecule has 2 aromatic rings. The summed E-state index contributed by atoms with van der Waals surface area (Å²) in [4.78, 5) is 13.3. The molecule has 0 aromatic heterocycles. The van der Waals surface area contributed by atoms with Crippen molar-refractivity contribution in [3.8, 4) is 5.75 Å². The van der Waals surface area contributed by atoms with Crippen molar-refractivity contribution in [3.63, 3.8) is 0 Å². The summed E-state index contributed by atoms with van der Waals surface area (Å²) in [6.45, 7) is 0.523. The van der Waals surface area contributed by atoms with E-state index in [0.29, 0.717) is 6.54 Å². The minimum atomic E-state index is -0.404. The van der Waals surface area contributed by atoms with Crippen LogP contribution in [0.1, 0.15) is 18.0 Å². The van der Waals surface area contributed by atoms with E-state index < -0.39 is 5.82 Å². The number of para-hydroxylation sites is 1. The van der Waals surface area contributed by atoms with Crippen LogP contribution in [-0.4, -0.2) is 24.9 Å². The molecule has 0 fully saturated rings. The molecule has 1 heterocycles. The number of benzene rings is 2. The average molecular weight is 346 g/mol. The van der Waals surface area contributed by atoms with Gasteiger partial charge in [0.1, 0.15) is 6.61 Å². The van der Waals surface area contributed by atoms with E-state index in [1.54, 1.807) is 18.2 Å². The highest BCUT2D eigenvalue weighted by molar-refractivity contribution is 7.99. The number of amides is 2. The summed E-state index contributed by atoms with van der Waals surface area (Å²) >= 11 is 1.81. The molecule has 0 saturated carbocycles. The number of nitrogens with one attached hydrogen (secondary N) is 2. The molecule has 0 unspecified atom stereocenters. The fourth-order valence-electron chi connectivity index (χ4n) is 2.59. The number of ether oxygens (including phenoxy) is 1. The van der Waals surface area contributed by atoms with Gasteiger partial charge in [0, 0.05) is 10.6 Å². The van der Waals surface area contributed by atoms with Gasteiger partial charge in [0.05, 0.1) is 12.6 Å². The lowest BCUT2D eigenvalue weighted by Gasteiger charge is -2.25. The summed E-state index contributed by atoms with van der Waals surface area (Å²) in [5, 5.41) is 5.74. The molecule has 1 aliphatic heterocycles. The quantitative estimate of drug-likeness (QED) is 0.811. The molecular weight excluding hydrogens is 327 g/mol. The van der Waals surface area contributed by atoms with Gasteiger partial charge >= 0.3 is 6.03 Å². The molecule has 0 spiro atoms. The van der Waals surface area contributed by atoms with Crippen LogP contribution < -0.4 is 15.4 Å². The lowest BCUT2D eigenvalue weighted by molar-refractivity contribution is 0.231. The highest BCUT2D eigenvalue weighted by Crippen LogP contribution is 2.35. The van der Waals surface area contributed by atoms with Crippen molar-refractivity contribution in [1.82, 2.24) is 10.6 Å². The standard InChI is InChI=1S/C18H19FN2O2S/c19-14-6-2-3-7-16(14)23-11-10-20-18(22)21-15-9-12-24-17-8-4-1-5-13(15)17/h1-8,15H,9-12H2,(H2,20,21,22)/t15-/m1/s1. The van der Waals surface area contributed by atoms with E-state index in [0.717, 1.165) is 17.7 Å². The van der Waals surface area contributed by atoms with Gasteiger partial charge in [-0.15, -0.1) is 11.8 Å². The molecule has 1 aliphatic rings. The van der Waals surface area contributed by atoms with E-state index in [2.05, 4.69) is 16.7 Å². The number of thioether (sulfide) groups is 1. The SMILES string of the molecule is O=C(NCCOc1ccccc1F)N[C@@H]1CCSc2ccccc21. The zero-order valence-corrected chi connectivity index (χ0v) is 13.9. The van der Waals surface area contributed by atoms with Crippen LogP contribution in [0.25, 0.3) is 0 Å². The highest BCUT2D eigenvalue weighted by atomic mass is 32.2. The third-order valence-electron chi connectivity index (χ3n) is 3.75. The van der Waals surface area contributed by atoms with Gasteiger partial charge in [0.15, 0.2) is 11.6 Å². The van der Waals surface area contributed by atoms with Crippen LogP contribution in [0.4, 0.5) is 9.18 Å². The molecule has 1 atom stereocenters. The first-order valence-corrected chi connectivity index (χ1v) is 8.86. The van der Waals surface area contributed by atoms with Crippen LogP contribution >= 0.6 is 11.8 Å². The molecule has 3 rings (SSSR count). The number of hydrogen-bond donors (Lipinski definition) is 2. The molecule has 126 valence electrons. The molecule has 0 aliphatic carbocycles. The van der Waals surface area contributed by atoms with Crippen molar-refractivity contribution < 1.29 is 13.9 Å². The van der Waals surface area contributed by atoms with Crippen molar-refractivity contribution in [2.45, 2.75) is 17.4 Å². The van der Waals surface area contributed by atoms with Crippen molar-refractivity contribution in [2.24, 2.45) is 0 Å². The van der Waals surface area contributed by atoms with Crippen LogP contribution in [0, 0.1) is 5.82 Å². The maximum atomic E-state index is 13.4. The number of fused-ring (bicyclic) bond motifs is 1. The van der Waals surface area contributed by atoms with Gasteiger partial charge < -0.3 is 15.4 Å². The number of carbonyl (C=O) groups excluding carboxylic acids is 1. The molecule has 0 radical (unpaired) electrons. The van der Waals surface area contributed by atoms with Crippen molar-refractivity contribution >= 4 is 17.8 Å². The summed E-state index contributed by atoms with van der Waals surface area (Å²) in [7, 11) is 0. The largest absolute Gasteiger partial charge is 0.489 e. The first-order chi connectivity index (χ1) is 11.7. The predicted octanol–water partition coefficient (Wildman–Crippen LogP) is 3.74. The third-order valence-corrected chi connectivity index (χ3v) is 4.87. The normalized spacial score (nSPS) is 16.1. The fraction of sp³-hybridized carbons (Fsp3) is 0.278. The van der Waals surface area contributed by atoms with E-state index in [1.165, 1.54) is 11.0 Å². The van der Waals surface area contributed by atoms with E-state index in [9.17, 15) is 9.18 Å². The molecule has 6 heteroatoms. The third kappa shape index (κ3) is 4.20. The highest BCUT2D eigenvalue weighted by Gasteiger charge is 2.21. The molecule has 4 nitrogen and oxygen atoms in total. The van der Waals surface area contributed by atoms with Gasteiger partial charge in [-0.25, -0.2) is 9.18 Å². The van der Waals surface area contributed by atoms with Gasteiger partial charge in [0.2, 0.25) is 0 Å². The number of halogens is 1. The summed E-state index contributed by atoms with van der Waals surface area (Å²) < 4.78 is 18.7. The van der Waals surface area contributed by atoms with E-state index in [4.69, 9.17) is 4.74 Å². The van der Waals surface area contributed by atoms with E-state index in [1.807, 2.05) is 30.0 Å². The lowest BCUT2D eigenvalue weighted by atomic mass is 10.0. The Bertz CT molecular complexity index is 711. The first kappa shape index (κ1) is 16.6. The molecule has 0 saturated heterocycles. The molecule has 24 heavy (non-hydrogen) atoms. The molecule has 0 bridgehead atoms. The molecule has 2 amide bonds. The lowest BCUT2D eigenvalue weighted by Crippen LogP contribution is -2.40. The second kappa shape index (κ2) is 8.06. The van der Waals surface area contributed by atoms with Gasteiger partial charge in [-0.3, -0.25) is 0 Å². The van der Waals surface area contributed by atoms with Crippen LogP contribution in [-0.2, 0) is 0 Å². The van der Waals surface area contributed by atoms with E-state index in [-0.39, 0.29) is 24.4 Å². The van der Waals surface area contributed by atoms with Crippen molar-refractivity contribution in [3.05, 3.63) is 59.9 Å². The summed E-state index contributed by atoms with van der Waals surface area (Å²) in [5.74, 6) is 0.773. The fourth-order valence-corrected chi connectivity index (χ4v) is 3.71. The second-order valence-electron chi connectivity index (χ2n) is 5.41. The van der Waals surface area contributed by atoms with Crippen molar-refractivity contribution in [1.29, 1.82) is 0 Å². The second-order valence-corrected chi connectivity index (χ2v) is 6.54. The Hall–Kier alpha value is -2.21.